The smallest absolute Gasteiger partial charge is 0.455 e. The first-order chi connectivity index (χ1) is 19.0. The molecule has 39 heavy (non-hydrogen) atoms. The van der Waals surface area contributed by atoms with Gasteiger partial charge in [0.15, 0.2) is 0 Å². The van der Waals surface area contributed by atoms with E-state index in [1.54, 1.807) is 0 Å². The molecular weight excluding hydrogens is 479 g/mol. The largest absolute Gasteiger partial charge is 0.494 e. The maximum absolute atomic E-state index is 6.58. The third-order valence-corrected chi connectivity index (χ3v) is 8.57. The van der Waals surface area contributed by atoms with E-state index in [2.05, 4.69) is 124 Å². The van der Waals surface area contributed by atoms with Gasteiger partial charge in [-0.15, -0.1) is 0 Å². The number of fused-ring (bicyclic) bond motifs is 9. The molecule has 1 aliphatic heterocycles. The zero-order valence-corrected chi connectivity index (χ0v) is 22.2. The average molecular weight is 506 g/mol. The van der Waals surface area contributed by atoms with E-state index >= 15 is 0 Å². The molecule has 1 unspecified atom stereocenters. The van der Waals surface area contributed by atoms with E-state index in [-0.39, 0.29) is 11.7 Å². The summed E-state index contributed by atoms with van der Waals surface area (Å²) in [6.45, 7) is 6.19. The van der Waals surface area contributed by atoms with Crippen LogP contribution in [0.15, 0.2) is 108 Å². The Morgan fingerprint density at radius 2 is 1.23 bits per heavy atom. The fourth-order valence-electron chi connectivity index (χ4n) is 6.16. The second-order valence-corrected chi connectivity index (χ2v) is 11.2. The zero-order valence-electron chi connectivity index (χ0n) is 22.2. The van der Waals surface area contributed by atoms with Crippen LogP contribution < -0.4 is 5.46 Å². The molecule has 188 valence electrons. The van der Waals surface area contributed by atoms with Crippen LogP contribution in [0.2, 0.25) is 0 Å². The summed E-state index contributed by atoms with van der Waals surface area (Å²) in [7, 11) is -0.393. The highest BCUT2D eigenvalue weighted by atomic mass is 16.7. The van der Waals surface area contributed by atoms with Gasteiger partial charge in [0.25, 0.3) is 0 Å². The average Bonchev–Trinajstić information content (AvgIpc) is 3.48. The number of hydrogen-bond donors (Lipinski definition) is 0. The monoisotopic (exact) mass is 506 g/mol. The van der Waals surface area contributed by atoms with E-state index in [1.807, 2.05) is 0 Å². The molecule has 8 rings (SSSR count). The van der Waals surface area contributed by atoms with Crippen molar-refractivity contribution in [3.63, 3.8) is 0 Å². The molecule has 0 aliphatic carbocycles. The van der Waals surface area contributed by atoms with E-state index in [0.717, 1.165) is 38.5 Å². The summed E-state index contributed by atoms with van der Waals surface area (Å²) in [5.74, 6) is 0. The lowest BCUT2D eigenvalue weighted by Crippen LogP contribution is -2.34. The first kappa shape index (κ1) is 22.8. The van der Waals surface area contributed by atoms with E-state index in [4.69, 9.17) is 13.7 Å². The highest BCUT2D eigenvalue weighted by Gasteiger charge is 2.44. The second kappa shape index (κ2) is 8.19. The minimum absolute atomic E-state index is 0.0153. The first-order valence-electron chi connectivity index (χ1n) is 13.6. The molecule has 7 aromatic rings. The van der Waals surface area contributed by atoms with Gasteiger partial charge in [0.05, 0.1) is 11.7 Å². The number of rotatable bonds is 2. The number of para-hydroxylation sites is 1. The summed E-state index contributed by atoms with van der Waals surface area (Å²) in [6, 6.07) is 36.9. The van der Waals surface area contributed by atoms with Crippen LogP contribution in [-0.2, 0) is 9.31 Å². The lowest BCUT2D eigenvalue weighted by Gasteiger charge is -2.21. The number of furan rings is 1. The van der Waals surface area contributed by atoms with Crippen LogP contribution in [0.25, 0.3) is 65.4 Å². The van der Waals surface area contributed by atoms with Gasteiger partial charge in [-0.25, -0.2) is 0 Å². The first-order valence-corrected chi connectivity index (χ1v) is 13.6. The molecule has 1 atom stereocenters. The van der Waals surface area contributed by atoms with Crippen molar-refractivity contribution in [1.29, 1.82) is 0 Å². The van der Waals surface area contributed by atoms with Gasteiger partial charge in [0, 0.05) is 16.3 Å². The van der Waals surface area contributed by atoms with Gasteiger partial charge in [0.2, 0.25) is 0 Å². The van der Waals surface area contributed by atoms with Crippen LogP contribution in [0, 0.1) is 0 Å². The van der Waals surface area contributed by atoms with Crippen LogP contribution in [0.1, 0.15) is 20.8 Å². The van der Waals surface area contributed by atoms with E-state index < -0.39 is 7.12 Å². The predicted molar refractivity (Wildman–Crippen MR) is 163 cm³/mol. The summed E-state index contributed by atoms with van der Waals surface area (Å²) >= 11 is 0. The highest BCUT2D eigenvalue weighted by Crippen LogP contribution is 2.40. The van der Waals surface area contributed by atoms with Gasteiger partial charge < -0.3 is 13.7 Å². The Morgan fingerprint density at radius 1 is 0.615 bits per heavy atom. The molecule has 2 heterocycles. The van der Waals surface area contributed by atoms with Gasteiger partial charge in [-0.05, 0) is 76.2 Å². The Bertz CT molecular complexity index is 2050. The molecule has 1 fully saturated rings. The Balaban J connectivity index is 1.32. The van der Waals surface area contributed by atoms with Crippen molar-refractivity contribution in [3.05, 3.63) is 103 Å². The SMILES string of the molecule is CC1OB(c2ccc3c(c2)oc2c(-c4ccc5c6ccccc6c6ccccc6c5c4)cccc23)OC1(C)C. The quantitative estimate of drug-likeness (QED) is 0.174. The Kier molecular flexibility index (Phi) is 4.80. The molecular formula is C35H27BO3. The molecule has 0 spiro atoms. The van der Waals surface area contributed by atoms with E-state index in [1.165, 1.54) is 32.3 Å². The standard InChI is InChI=1S/C35H27BO3/c1-21-35(2,3)39-36(38-21)23-16-18-30-31-14-8-13-24(34(31)37-33(30)20-23)22-15-17-29-27-11-5-4-9-25(27)26-10-6-7-12-28(26)32(29)19-22/h4-21H,1-3H3. The van der Waals surface area contributed by atoms with Crippen molar-refractivity contribution in [2.75, 3.05) is 0 Å². The highest BCUT2D eigenvalue weighted by molar-refractivity contribution is 6.62. The van der Waals surface area contributed by atoms with Crippen molar-refractivity contribution in [3.8, 4) is 11.1 Å². The van der Waals surface area contributed by atoms with Crippen molar-refractivity contribution < 1.29 is 13.7 Å². The van der Waals surface area contributed by atoms with Crippen molar-refractivity contribution in [1.82, 2.24) is 0 Å². The fraction of sp³-hybridized carbons (Fsp3) is 0.143. The zero-order chi connectivity index (χ0) is 26.3. The van der Waals surface area contributed by atoms with E-state index in [9.17, 15) is 0 Å². The molecule has 0 radical (unpaired) electrons. The normalized spacial score (nSPS) is 17.3. The van der Waals surface area contributed by atoms with Crippen molar-refractivity contribution in [2.24, 2.45) is 0 Å². The summed E-state index contributed by atoms with van der Waals surface area (Å²) < 4.78 is 18.9. The third kappa shape index (κ3) is 3.38. The predicted octanol–water partition coefficient (Wildman–Crippen LogP) is 8.62. The molecule has 0 bridgehead atoms. The van der Waals surface area contributed by atoms with Crippen molar-refractivity contribution >= 4 is 66.8 Å². The maximum atomic E-state index is 6.58. The Morgan fingerprint density at radius 3 is 1.90 bits per heavy atom. The molecule has 0 amide bonds. The van der Waals surface area contributed by atoms with Crippen LogP contribution in [0.5, 0.6) is 0 Å². The third-order valence-electron chi connectivity index (χ3n) is 8.57. The van der Waals surface area contributed by atoms with Gasteiger partial charge in [-0.2, -0.15) is 0 Å². The minimum atomic E-state index is -0.393. The maximum Gasteiger partial charge on any atom is 0.494 e. The molecule has 4 heteroatoms. The Hall–Kier alpha value is -4.12. The van der Waals surface area contributed by atoms with Crippen LogP contribution >= 0.6 is 0 Å². The van der Waals surface area contributed by atoms with Gasteiger partial charge in [0.1, 0.15) is 11.2 Å². The molecule has 1 saturated heterocycles. The van der Waals surface area contributed by atoms with Crippen LogP contribution in [0.3, 0.4) is 0 Å². The topological polar surface area (TPSA) is 31.6 Å². The van der Waals surface area contributed by atoms with E-state index in [0.29, 0.717) is 0 Å². The number of hydrogen-bond acceptors (Lipinski definition) is 3. The Labute approximate surface area is 227 Å². The second-order valence-electron chi connectivity index (χ2n) is 11.2. The molecule has 6 aromatic carbocycles. The lowest BCUT2D eigenvalue weighted by atomic mass is 9.79. The van der Waals surface area contributed by atoms with Crippen molar-refractivity contribution in [2.45, 2.75) is 32.5 Å². The van der Waals surface area contributed by atoms with Gasteiger partial charge in [-0.1, -0.05) is 91.0 Å². The molecule has 0 saturated carbocycles. The number of benzene rings is 6. The summed E-state index contributed by atoms with van der Waals surface area (Å²) in [5.41, 5.74) is 4.63. The fourth-order valence-corrected chi connectivity index (χ4v) is 6.16. The summed E-state index contributed by atoms with van der Waals surface area (Å²) in [5, 5.41) is 9.84. The van der Waals surface area contributed by atoms with Gasteiger partial charge >= 0.3 is 7.12 Å². The van der Waals surface area contributed by atoms with Crippen LogP contribution in [-0.4, -0.2) is 18.8 Å². The van der Waals surface area contributed by atoms with Gasteiger partial charge in [-0.3, -0.25) is 0 Å². The summed E-state index contributed by atoms with van der Waals surface area (Å²) in [4.78, 5) is 0. The molecule has 1 aromatic heterocycles. The molecule has 1 aliphatic rings. The minimum Gasteiger partial charge on any atom is -0.455 e. The molecule has 0 N–H and O–H groups in total. The summed E-state index contributed by atoms with van der Waals surface area (Å²) in [6.07, 6.45) is 0.0153. The van der Waals surface area contributed by atoms with Crippen LogP contribution in [0.4, 0.5) is 0 Å². The molecule has 3 nitrogen and oxygen atoms in total. The lowest BCUT2D eigenvalue weighted by molar-refractivity contribution is 0.0842.